The number of aryl methyl sites for hydroxylation is 1. The van der Waals surface area contributed by atoms with Gasteiger partial charge < -0.3 is 14.8 Å². The SMILES string of the molecule is Cc1cc(CNCc2c[nH]c3ccccc23)no1. The van der Waals surface area contributed by atoms with Crippen molar-refractivity contribution in [2.24, 2.45) is 0 Å². The second-order valence-corrected chi connectivity index (χ2v) is 4.39. The van der Waals surface area contributed by atoms with Crippen molar-refractivity contribution in [2.45, 2.75) is 20.0 Å². The molecule has 2 N–H and O–H groups in total. The van der Waals surface area contributed by atoms with E-state index in [1.165, 1.54) is 16.5 Å². The van der Waals surface area contributed by atoms with E-state index in [1.54, 1.807) is 0 Å². The second-order valence-electron chi connectivity index (χ2n) is 4.39. The number of benzene rings is 1. The molecular formula is C14H15N3O. The number of hydrogen-bond acceptors (Lipinski definition) is 3. The standard InChI is InChI=1S/C14H15N3O/c1-10-6-12(17-18-10)9-15-7-11-8-16-14-5-3-2-4-13(11)14/h2-6,8,15-16H,7,9H2,1H3. The summed E-state index contributed by atoms with van der Waals surface area (Å²) in [6.07, 6.45) is 2.05. The largest absolute Gasteiger partial charge is 0.361 e. The summed E-state index contributed by atoms with van der Waals surface area (Å²) in [7, 11) is 0. The normalized spacial score (nSPS) is 11.2. The third kappa shape index (κ3) is 2.15. The van der Waals surface area contributed by atoms with Crippen LogP contribution in [0, 0.1) is 6.92 Å². The molecule has 0 amide bonds. The molecule has 0 saturated carbocycles. The molecule has 0 spiro atoms. The van der Waals surface area contributed by atoms with Gasteiger partial charge in [0.25, 0.3) is 0 Å². The van der Waals surface area contributed by atoms with Crippen LogP contribution in [0.2, 0.25) is 0 Å². The van der Waals surface area contributed by atoms with Gasteiger partial charge in [0, 0.05) is 36.3 Å². The van der Waals surface area contributed by atoms with Crippen LogP contribution in [-0.2, 0) is 13.1 Å². The van der Waals surface area contributed by atoms with Crippen molar-refractivity contribution < 1.29 is 4.52 Å². The molecule has 4 nitrogen and oxygen atoms in total. The molecule has 3 aromatic rings. The highest BCUT2D eigenvalue weighted by atomic mass is 16.5. The maximum atomic E-state index is 5.03. The van der Waals surface area contributed by atoms with Gasteiger partial charge in [0.2, 0.25) is 0 Å². The molecule has 2 aromatic heterocycles. The molecular weight excluding hydrogens is 226 g/mol. The third-order valence-corrected chi connectivity index (χ3v) is 2.97. The van der Waals surface area contributed by atoms with Gasteiger partial charge in [-0.2, -0.15) is 0 Å². The molecule has 92 valence electrons. The summed E-state index contributed by atoms with van der Waals surface area (Å²) in [4.78, 5) is 3.27. The number of aromatic nitrogens is 2. The number of hydrogen-bond donors (Lipinski definition) is 2. The van der Waals surface area contributed by atoms with E-state index < -0.39 is 0 Å². The molecule has 2 heterocycles. The van der Waals surface area contributed by atoms with Crippen LogP contribution < -0.4 is 5.32 Å². The van der Waals surface area contributed by atoms with Crippen molar-refractivity contribution in [3.63, 3.8) is 0 Å². The lowest BCUT2D eigenvalue weighted by atomic mass is 10.2. The van der Waals surface area contributed by atoms with Crippen LogP contribution in [0.4, 0.5) is 0 Å². The van der Waals surface area contributed by atoms with Crippen LogP contribution in [0.15, 0.2) is 41.1 Å². The van der Waals surface area contributed by atoms with E-state index in [2.05, 4.69) is 33.7 Å². The third-order valence-electron chi connectivity index (χ3n) is 2.97. The molecule has 0 aliphatic rings. The Kier molecular flexibility index (Phi) is 2.86. The summed E-state index contributed by atoms with van der Waals surface area (Å²) >= 11 is 0. The Morgan fingerprint density at radius 1 is 1.28 bits per heavy atom. The highest BCUT2D eigenvalue weighted by Crippen LogP contribution is 2.17. The molecule has 4 heteroatoms. The van der Waals surface area contributed by atoms with Gasteiger partial charge in [-0.25, -0.2) is 0 Å². The number of para-hydroxylation sites is 1. The van der Waals surface area contributed by atoms with Gasteiger partial charge in [0.15, 0.2) is 0 Å². The molecule has 0 radical (unpaired) electrons. The van der Waals surface area contributed by atoms with Gasteiger partial charge in [-0.3, -0.25) is 0 Å². The Bertz CT molecular complexity index is 654. The highest BCUT2D eigenvalue weighted by molar-refractivity contribution is 5.82. The molecule has 18 heavy (non-hydrogen) atoms. The second kappa shape index (κ2) is 4.66. The lowest BCUT2D eigenvalue weighted by Crippen LogP contribution is -2.12. The van der Waals surface area contributed by atoms with E-state index in [-0.39, 0.29) is 0 Å². The Labute approximate surface area is 105 Å². The van der Waals surface area contributed by atoms with Crippen molar-refractivity contribution in [3.05, 3.63) is 53.5 Å². The van der Waals surface area contributed by atoms with Gasteiger partial charge in [0.05, 0.1) is 5.69 Å². The van der Waals surface area contributed by atoms with Gasteiger partial charge in [-0.15, -0.1) is 0 Å². The quantitative estimate of drug-likeness (QED) is 0.738. The Morgan fingerprint density at radius 3 is 3.00 bits per heavy atom. The number of nitrogens with one attached hydrogen (secondary N) is 2. The van der Waals surface area contributed by atoms with E-state index in [0.29, 0.717) is 0 Å². The Balaban J connectivity index is 1.66. The van der Waals surface area contributed by atoms with Gasteiger partial charge in [-0.1, -0.05) is 23.4 Å². The molecule has 0 aliphatic carbocycles. The fourth-order valence-electron chi connectivity index (χ4n) is 2.10. The lowest BCUT2D eigenvalue weighted by molar-refractivity contribution is 0.388. The van der Waals surface area contributed by atoms with Crippen molar-refractivity contribution >= 4 is 10.9 Å². The molecule has 0 aliphatic heterocycles. The van der Waals surface area contributed by atoms with E-state index in [9.17, 15) is 0 Å². The topological polar surface area (TPSA) is 53.9 Å². The number of nitrogens with zero attached hydrogens (tertiary/aromatic N) is 1. The van der Waals surface area contributed by atoms with E-state index >= 15 is 0 Å². The molecule has 0 fully saturated rings. The summed E-state index contributed by atoms with van der Waals surface area (Å²) in [6.45, 7) is 3.43. The van der Waals surface area contributed by atoms with Crippen LogP contribution in [0.1, 0.15) is 17.0 Å². The monoisotopic (exact) mass is 241 g/mol. The number of rotatable bonds is 4. The highest BCUT2D eigenvalue weighted by Gasteiger charge is 2.03. The summed E-state index contributed by atoms with van der Waals surface area (Å²) in [5.74, 6) is 0.846. The molecule has 0 atom stereocenters. The molecule has 0 saturated heterocycles. The Hall–Kier alpha value is -2.07. The molecule has 0 unspecified atom stereocenters. The van der Waals surface area contributed by atoms with Gasteiger partial charge >= 0.3 is 0 Å². The van der Waals surface area contributed by atoms with Gasteiger partial charge in [-0.05, 0) is 18.6 Å². The zero-order valence-corrected chi connectivity index (χ0v) is 10.2. The number of aromatic amines is 1. The van der Waals surface area contributed by atoms with Crippen LogP contribution in [0.5, 0.6) is 0 Å². The number of fused-ring (bicyclic) bond motifs is 1. The summed E-state index contributed by atoms with van der Waals surface area (Å²) in [6, 6.07) is 10.3. The maximum Gasteiger partial charge on any atom is 0.133 e. The molecule has 1 aromatic carbocycles. The van der Waals surface area contributed by atoms with Crippen molar-refractivity contribution in [3.8, 4) is 0 Å². The predicted octanol–water partition coefficient (Wildman–Crippen LogP) is 2.75. The molecule has 3 rings (SSSR count). The first kappa shape index (κ1) is 11.0. The van der Waals surface area contributed by atoms with Crippen LogP contribution in [0.3, 0.4) is 0 Å². The predicted molar refractivity (Wildman–Crippen MR) is 70.1 cm³/mol. The van der Waals surface area contributed by atoms with Crippen LogP contribution in [-0.4, -0.2) is 10.1 Å². The first-order chi connectivity index (χ1) is 8.83. The maximum absolute atomic E-state index is 5.03. The summed E-state index contributed by atoms with van der Waals surface area (Å²) in [5, 5.41) is 8.58. The lowest BCUT2D eigenvalue weighted by Gasteiger charge is -2.00. The zero-order chi connectivity index (χ0) is 12.4. The summed E-state index contributed by atoms with van der Waals surface area (Å²) in [5.41, 5.74) is 3.38. The van der Waals surface area contributed by atoms with Crippen molar-refractivity contribution in [1.82, 2.24) is 15.5 Å². The fourth-order valence-corrected chi connectivity index (χ4v) is 2.10. The van der Waals surface area contributed by atoms with Crippen LogP contribution >= 0.6 is 0 Å². The zero-order valence-electron chi connectivity index (χ0n) is 10.2. The average molecular weight is 241 g/mol. The first-order valence-corrected chi connectivity index (χ1v) is 6.01. The first-order valence-electron chi connectivity index (χ1n) is 6.01. The van der Waals surface area contributed by atoms with E-state index in [0.717, 1.165) is 24.5 Å². The minimum atomic E-state index is 0.719. The van der Waals surface area contributed by atoms with Gasteiger partial charge in [0.1, 0.15) is 5.76 Å². The van der Waals surface area contributed by atoms with E-state index in [4.69, 9.17) is 4.52 Å². The van der Waals surface area contributed by atoms with E-state index in [1.807, 2.05) is 25.3 Å². The van der Waals surface area contributed by atoms with Crippen molar-refractivity contribution in [1.29, 1.82) is 0 Å². The summed E-state index contributed by atoms with van der Waals surface area (Å²) < 4.78 is 5.03. The minimum absolute atomic E-state index is 0.719. The smallest absolute Gasteiger partial charge is 0.133 e. The Morgan fingerprint density at radius 2 is 2.17 bits per heavy atom. The minimum Gasteiger partial charge on any atom is -0.361 e. The fraction of sp³-hybridized carbons (Fsp3) is 0.214. The van der Waals surface area contributed by atoms with Crippen molar-refractivity contribution in [2.75, 3.05) is 0 Å². The van der Waals surface area contributed by atoms with Crippen LogP contribution in [0.25, 0.3) is 10.9 Å². The number of H-pyrrole nitrogens is 1. The average Bonchev–Trinajstić information content (AvgIpc) is 2.97. The molecule has 0 bridgehead atoms.